The minimum atomic E-state index is 0.897. The zero-order valence-corrected chi connectivity index (χ0v) is 6.84. The van der Waals surface area contributed by atoms with Gasteiger partial charge < -0.3 is 0 Å². The van der Waals surface area contributed by atoms with Crippen molar-refractivity contribution in [1.29, 1.82) is 0 Å². The predicted molar refractivity (Wildman–Crippen MR) is 38.4 cm³/mol. The van der Waals surface area contributed by atoms with Gasteiger partial charge in [-0.1, -0.05) is 0 Å². The van der Waals surface area contributed by atoms with Crippen molar-refractivity contribution in [2.75, 3.05) is 7.11 Å². The average molecular weight is 186 g/mol. The first-order chi connectivity index (χ1) is 4.33. The van der Waals surface area contributed by atoms with Gasteiger partial charge >= 0.3 is 62.3 Å². The Morgan fingerprint density at radius 2 is 1.78 bits per heavy atom. The van der Waals surface area contributed by atoms with Crippen LogP contribution in [0.1, 0.15) is 0 Å². The molecular formula is C7H7OSe-. The van der Waals surface area contributed by atoms with Crippen molar-refractivity contribution in [2.45, 2.75) is 0 Å². The van der Waals surface area contributed by atoms with Gasteiger partial charge in [-0.3, -0.25) is 0 Å². The first kappa shape index (κ1) is 6.66. The number of rotatable bonds is 1. The van der Waals surface area contributed by atoms with Crippen LogP contribution in [0, 0.1) is 0 Å². The molecule has 9 heavy (non-hydrogen) atoms. The third-order valence-corrected chi connectivity index (χ3v) is 1.63. The Balaban J connectivity index is 2.88. The van der Waals surface area contributed by atoms with E-state index in [-0.39, 0.29) is 0 Å². The first-order valence-corrected chi connectivity index (χ1v) is 3.49. The van der Waals surface area contributed by atoms with Gasteiger partial charge in [0.25, 0.3) is 0 Å². The molecule has 0 bridgehead atoms. The van der Waals surface area contributed by atoms with Crippen molar-refractivity contribution in [2.24, 2.45) is 0 Å². The molecule has 0 saturated carbocycles. The summed E-state index contributed by atoms with van der Waals surface area (Å²) in [5, 5.41) is 0. The van der Waals surface area contributed by atoms with Crippen LogP contribution >= 0.6 is 0 Å². The predicted octanol–water partition coefficient (Wildman–Crippen LogP) is 0.489. The van der Waals surface area contributed by atoms with Gasteiger partial charge in [-0.25, -0.2) is 0 Å². The van der Waals surface area contributed by atoms with Crippen molar-refractivity contribution < 1.29 is 4.74 Å². The fourth-order valence-electron chi connectivity index (χ4n) is 0.576. The van der Waals surface area contributed by atoms with E-state index in [4.69, 9.17) is 4.74 Å². The third kappa shape index (κ3) is 1.74. The molecule has 0 fully saturated rings. The molecule has 0 radical (unpaired) electrons. The molecule has 0 amide bonds. The molecule has 1 aromatic rings. The maximum absolute atomic E-state index is 4.96. The Kier molecular flexibility index (Phi) is 2.15. The van der Waals surface area contributed by atoms with Crippen molar-refractivity contribution in [3.8, 4) is 5.75 Å². The van der Waals surface area contributed by atoms with E-state index in [9.17, 15) is 0 Å². The van der Waals surface area contributed by atoms with Gasteiger partial charge in [0.1, 0.15) is 0 Å². The van der Waals surface area contributed by atoms with Crippen LogP contribution in [0.15, 0.2) is 24.3 Å². The van der Waals surface area contributed by atoms with E-state index in [1.54, 1.807) is 7.11 Å². The molecule has 0 saturated heterocycles. The molecule has 0 aliphatic heterocycles. The summed E-state index contributed by atoms with van der Waals surface area (Å²) in [4.78, 5) is 0. The number of ether oxygens (including phenoxy) is 1. The standard InChI is InChI=1S/C7H8OSe/c1-8-6-2-4-7(9)5-3-6/h2-5,9H,1H3/p-1. The van der Waals surface area contributed by atoms with Crippen LogP contribution < -0.4 is 9.20 Å². The molecule has 0 spiro atoms. The molecular weight excluding hydrogens is 179 g/mol. The van der Waals surface area contributed by atoms with Gasteiger partial charge in [0.2, 0.25) is 0 Å². The zero-order chi connectivity index (χ0) is 6.69. The second kappa shape index (κ2) is 2.90. The van der Waals surface area contributed by atoms with Crippen LogP contribution in [-0.4, -0.2) is 23.1 Å². The van der Waals surface area contributed by atoms with Crippen molar-refractivity contribution in [3.63, 3.8) is 0 Å². The Bertz CT molecular complexity index is 181. The van der Waals surface area contributed by atoms with Gasteiger partial charge in [0.05, 0.1) is 0 Å². The van der Waals surface area contributed by atoms with E-state index in [2.05, 4.69) is 16.0 Å². The second-order valence-electron chi connectivity index (χ2n) is 1.68. The van der Waals surface area contributed by atoms with Gasteiger partial charge in [-0.2, -0.15) is 0 Å². The van der Waals surface area contributed by atoms with Crippen LogP contribution in [0.2, 0.25) is 0 Å². The summed E-state index contributed by atoms with van der Waals surface area (Å²) < 4.78 is 6.09. The van der Waals surface area contributed by atoms with E-state index in [1.165, 1.54) is 0 Å². The van der Waals surface area contributed by atoms with E-state index in [1.807, 2.05) is 24.3 Å². The Labute approximate surface area is 62.8 Å². The van der Waals surface area contributed by atoms with Gasteiger partial charge in [0, 0.05) is 0 Å². The van der Waals surface area contributed by atoms with Crippen LogP contribution in [-0.2, 0) is 0 Å². The summed E-state index contributed by atoms with van der Waals surface area (Å²) >= 11 is 2.90. The summed E-state index contributed by atoms with van der Waals surface area (Å²) in [6.07, 6.45) is 0. The third-order valence-electron chi connectivity index (χ3n) is 1.06. The van der Waals surface area contributed by atoms with Gasteiger partial charge in [0.15, 0.2) is 0 Å². The molecule has 1 nitrogen and oxygen atoms in total. The quantitative estimate of drug-likeness (QED) is 0.580. The minimum absolute atomic E-state index is 0.897. The number of hydrogen-bond donors (Lipinski definition) is 0. The Morgan fingerprint density at radius 1 is 1.22 bits per heavy atom. The Hall–Kier alpha value is -0.461. The Morgan fingerprint density at radius 3 is 2.22 bits per heavy atom. The van der Waals surface area contributed by atoms with Gasteiger partial charge in [-0.05, 0) is 0 Å². The van der Waals surface area contributed by atoms with E-state index in [0.717, 1.165) is 10.2 Å². The summed E-state index contributed by atoms with van der Waals surface area (Å²) in [7, 11) is 1.66. The number of methoxy groups -OCH3 is 1. The second-order valence-corrected chi connectivity index (χ2v) is 2.66. The molecule has 1 aromatic carbocycles. The topological polar surface area (TPSA) is 9.23 Å². The average Bonchev–Trinajstić information content (AvgIpc) is 1.90. The van der Waals surface area contributed by atoms with Crippen LogP contribution in [0.4, 0.5) is 0 Å². The molecule has 0 heterocycles. The molecule has 48 valence electrons. The van der Waals surface area contributed by atoms with Crippen molar-refractivity contribution in [1.82, 2.24) is 0 Å². The van der Waals surface area contributed by atoms with Crippen molar-refractivity contribution in [3.05, 3.63) is 24.3 Å². The fraction of sp³-hybridized carbons (Fsp3) is 0.143. The molecule has 1 rings (SSSR count). The summed E-state index contributed by atoms with van der Waals surface area (Å²) in [6, 6.07) is 7.79. The monoisotopic (exact) mass is 187 g/mol. The van der Waals surface area contributed by atoms with Crippen LogP contribution in [0.5, 0.6) is 5.75 Å². The van der Waals surface area contributed by atoms with E-state index < -0.39 is 0 Å². The molecule has 0 atom stereocenters. The maximum atomic E-state index is 4.96. The zero-order valence-electron chi connectivity index (χ0n) is 5.13. The first-order valence-electron chi connectivity index (χ1n) is 2.64. The van der Waals surface area contributed by atoms with Crippen LogP contribution in [0.25, 0.3) is 0 Å². The molecule has 0 aliphatic rings. The van der Waals surface area contributed by atoms with E-state index >= 15 is 0 Å². The van der Waals surface area contributed by atoms with Crippen molar-refractivity contribution >= 4 is 20.5 Å². The number of benzene rings is 1. The molecule has 0 aromatic heterocycles. The van der Waals surface area contributed by atoms with Gasteiger partial charge in [-0.15, -0.1) is 0 Å². The SMILES string of the molecule is COc1ccc([Se-])cc1. The summed E-state index contributed by atoms with van der Waals surface area (Å²) in [5.41, 5.74) is 0. The van der Waals surface area contributed by atoms with Crippen LogP contribution in [0.3, 0.4) is 0 Å². The number of hydrogen-bond acceptors (Lipinski definition) is 1. The molecule has 2 heteroatoms. The summed E-state index contributed by atoms with van der Waals surface area (Å²) in [6.45, 7) is 0. The van der Waals surface area contributed by atoms with E-state index in [0.29, 0.717) is 0 Å². The fourth-order valence-corrected chi connectivity index (χ4v) is 0.861. The molecule has 0 unspecified atom stereocenters. The normalized spacial score (nSPS) is 9.00. The summed E-state index contributed by atoms with van der Waals surface area (Å²) in [5.74, 6) is 0.897. The molecule has 0 N–H and O–H groups in total. The molecule has 0 aliphatic carbocycles.